The van der Waals surface area contributed by atoms with E-state index in [1.165, 1.54) is 18.2 Å². The third-order valence-electron chi connectivity index (χ3n) is 2.12. The van der Waals surface area contributed by atoms with Crippen LogP contribution in [-0.4, -0.2) is 17.4 Å². The summed E-state index contributed by atoms with van der Waals surface area (Å²) in [4.78, 5) is 20.7. The number of benzene rings is 1. The topological polar surface area (TPSA) is 54.4 Å². The van der Waals surface area contributed by atoms with Gasteiger partial charge in [0.05, 0.1) is 11.1 Å². The van der Waals surface area contributed by atoms with Gasteiger partial charge in [0, 0.05) is 6.42 Å². The summed E-state index contributed by atoms with van der Waals surface area (Å²) in [7, 11) is 0. The SMILES string of the molecule is O=CCC=Cc1ccc(C(=O)O)c(C(F)(F)F)c1. The van der Waals surface area contributed by atoms with E-state index in [9.17, 15) is 22.8 Å². The Morgan fingerprint density at radius 2 is 2.00 bits per heavy atom. The lowest BCUT2D eigenvalue weighted by Crippen LogP contribution is -2.13. The van der Waals surface area contributed by atoms with Crippen LogP contribution < -0.4 is 0 Å². The molecule has 0 spiro atoms. The van der Waals surface area contributed by atoms with Gasteiger partial charge in [-0.05, 0) is 17.7 Å². The lowest BCUT2D eigenvalue weighted by atomic mass is 10.0. The monoisotopic (exact) mass is 258 g/mol. The summed E-state index contributed by atoms with van der Waals surface area (Å²) in [6, 6.07) is 2.89. The van der Waals surface area contributed by atoms with Gasteiger partial charge in [0.25, 0.3) is 0 Å². The number of allylic oxidation sites excluding steroid dienone is 1. The molecule has 0 bridgehead atoms. The fraction of sp³-hybridized carbons (Fsp3) is 0.167. The Morgan fingerprint density at radius 3 is 2.50 bits per heavy atom. The highest BCUT2D eigenvalue weighted by atomic mass is 19.4. The first-order chi connectivity index (χ1) is 8.36. The zero-order valence-corrected chi connectivity index (χ0v) is 9.07. The zero-order valence-electron chi connectivity index (χ0n) is 9.07. The van der Waals surface area contributed by atoms with Crippen LogP contribution in [0.5, 0.6) is 0 Å². The Balaban J connectivity index is 3.22. The number of alkyl halides is 3. The van der Waals surface area contributed by atoms with Crippen LogP contribution in [-0.2, 0) is 11.0 Å². The number of carboxylic acids is 1. The van der Waals surface area contributed by atoms with E-state index in [0.29, 0.717) is 6.29 Å². The molecular formula is C12H9F3O3. The molecule has 1 aromatic carbocycles. The average molecular weight is 258 g/mol. The number of carbonyl (C=O) groups is 2. The van der Waals surface area contributed by atoms with Crippen LogP contribution in [0.3, 0.4) is 0 Å². The fourth-order valence-electron chi connectivity index (χ4n) is 1.35. The molecule has 0 amide bonds. The van der Waals surface area contributed by atoms with Gasteiger partial charge in [0.1, 0.15) is 6.29 Å². The van der Waals surface area contributed by atoms with E-state index in [1.54, 1.807) is 0 Å². The Kier molecular flexibility index (Phi) is 4.25. The second-order valence-corrected chi connectivity index (χ2v) is 3.41. The Hall–Kier alpha value is -2.11. The van der Waals surface area contributed by atoms with Crippen LogP contribution in [0.15, 0.2) is 24.3 Å². The number of carbonyl (C=O) groups excluding carboxylic acids is 1. The van der Waals surface area contributed by atoms with E-state index in [4.69, 9.17) is 5.11 Å². The molecule has 6 heteroatoms. The molecule has 0 radical (unpaired) electrons. The van der Waals surface area contributed by atoms with Crippen molar-refractivity contribution in [2.24, 2.45) is 0 Å². The predicted molar refractivity (Wildman–Crippen MR) is 58.1 cm³/mol. The first kappa shape index (κ1) is 14.0. The minimum atomic E-state index is -4.73. The largest absolute Gasteiger partial charge is 0.478 e. The highest BCUT2D eigenvalue weighted by molar-refractivity contribution is 5.90. The normalized spacial score (nSPS) is 11.7. The van der Waals surface area contributed by atoms with Gasteiger partial charge < -0.3 is 9.90 Å². The minimum Gasteiger partial charge on any atom is -0.478 e. The van der Waals surface area contributed by atoms with Crippen LogP contribution in [0.25, 0.3) is 6.08 Å². The molecule has 0 aliphatic heterocycles. The summed E-state index contributed by atoms with van der Waals surface area (Å²) < 4.78 is 37.9. The van der Waals surface area contributed by atoms with E-state index in [0.717, 1.165) is 12.1 Å². The van der Waals surface area contributed by atoms with Crippen LogP contribution in [0, 0.1) is 0 Å². The quantitative estimate of drug-likeness (QED) is 0.844. The van der Waals surface area contributed by atoms with Crippen molar-refractivity contribution >= 4 is 18.3 Å². The van der Waals surface area contributed by atoms with Gasteiger partial charge >= 0.3 is 12.1 Å². The second-order valence-electron chi connectivity index (χ2n) is 3.41. The van der Waals surface area contributed by atoms with Crippen molar-refractivity contribution < 1.29 is 27.9 Å². The molecule has 96 valence electrons. The molecule has 0 heterocycles. The number of rotatable bonds is 4. The van der Waals surface area contributed by atoms with Crippen molar-refractivity contribution in [1.82, 2.24) is 0 Å². The predicted octanol–water partition coefficient (Wildman–Crippen LogP) is 3.01. The molecule has 0 aromatic heterocycles. The lowest BCUT2D eigenvalue weighted by molar-refractivity contribution is -0.138. The number of carboxylic acid groups (broad SMARTS) is 1. The Bertz CT molecular complexity index is 490. The molecule has 18 heavy (non-hydrogen) atoms. The van der Waals surface area contributed by atoms with Gasteiger partial charge in [-0.1, -0.05) is 18.2 Å². The van der Waals surface area contributed by atoms with Gasteiger partial charge in [-0.3, -0.25) is 0 Å². The maximum absolute atomic E-state index is 12.6. The smallest absolute Gasteiger partial charge is 0.417 e. The van der Waals surface area contributed by atoms with Crippen molar-refractivity contribution in [3.05, 3.63) is 41.0 Å². The summed E-state index contributed by atoms with van der Waals surface area (Å²) in [6.07, 6.45) is -1.32. The van der Waals surface area contributed by atoms with E-state index < -0.39 is 23.3 Å². The van der Waals surface area contributed by atoms with Crippen molar-refractivity contribution in [3.63, 3.8) is 0 Å². The number of hydrogen-bond donors (Lipinski definition) is 1. The van der Waals surface area contributed by atoms with Crippen LogP contribution in [0.2, 0.25) is 0 Å². The summed E-state index contributed by atoms with van der Waals surface area (Å²) in [5.74, 6) is -1.63. The van der Waals surface area contributed by atoms with E-state index in [-0.39, 0.29) is 12.0 Å². The van der Waals surface area contributed by atoms with E-state index in [2.05, 4.69) is 0 Å². The molecule has 0 atom stereocenters. The van der Waals surface area contributed by atoms with Gasteiger partial charge in [0.2, 0.25) is 0 Å². The molecule has 0 saturated carbocycles. The summed E-state index contributed by atoms with van der Waals surface area (Å²) >= 11 is 0. The minimum absolute atomic E-state index is 0.0854. The van der Waals surface area contributed by atoms with Gasteiger partial charge in [-0.15, -0.1) is 0 Å². The average Bonchev–Trinajstić information content (AvgIpc) is 2.28. The molecule has 1 aromatic rings. The number of halogens is 3. The molecule has 0 fully saturated rings. The van der Waals surface area contributed by atoms with Crippen molar-refractivity contribution in [3.8, 4) is 0 Å². The third kappa shape index (κ3) is 3.44. The highest BCUT2D eigenvalue weighted by Crippen LogP contribution is 2.33. The molecule has 0 aliphatic rings. The number of aromatic carboxylic acids is 1. The molecule has 1 rings (SSSR count). The molecule has 0 unspecified atom stereocenters. The van der Waals surface area contributed by atoms with E-state index in [1.807, 2.05) is 0 Å². The van der Waals surface area contributed by atoms with Crippen molar-refractivity contribution in [2.45, 2.75) is 12.6 Å². The molecule has 1 N–H and O–H groups in total. The standard InChI is InChI=1S/C12H9F3O3/c13-12(14,15)10-7-8(3-1-2-6-16)4-5-9(10)11(17)18/h1,3-7H,2H2,(H,17,18). The molecule has 0 saturated heterocycles. The second kappa shape index (κ2) is 5.48. The first-order valence-corrected chi connectivity index (χ1v) is 4.91. The van der Waals surface area contributed by atoms with Crippen LogP contribution in [0.4, 0.5) is 13.2 Å². The van der Waals surface area contributed by atoms with Gasteiger partial charge in [0.15, 0.2) is 0 Å². The third-order valence-corrected chi connectivity index (χ3v) is 2.12. The van der Waals surface area contributed by atoms with Crippen LogP contribution >= 0.6 is 0 Å². The summed E-state index contributed by atoms with van der Waals surface area (Å²) in [5.41, 5.74) is -1.81. The van der Waals surface area contributed by atoms with E-state index >= 15 is 0 Å². The van der Waals surface area contributed by atoms with Crippen molar-refractivity contribution in [1.29, 1.82) is 0 Å². The maximum Gasteiger partial charge on any atom is 0.417 e. The summed E-state index contributed by atoms with van der Waals surface area (Å²) in [5, 5.41) is 8.67. The van der Waals surface area contributed by atoms with Gasteiger partial charge in [-0.2, -0.15) is 13.2 Å². The Labute approximate surface area is 101 Å². The van der Waals surface area contributed by atoms with Crippen LogP contribution in [0.1, 0.15) is 27.9 Å². The Morgan fingerprint density at radius 1 is 1.33 bits per heavy atom. The molecule has 3 nitrogen and oxygen atoms in total. The zero-order chi connectivity index (χ0) is 13.8. The van der Waals surface area contributed by atoms with Gasteiger partial charge in [-0.25, -0.2) is 4.79 Å². The fourth-order valence-corrected chi connectivity index (χ4v) is 1.35. The molecule has 0 aliphatic carbocycles. The number of aldehydes is 1. The highest BCUT2D eigenvalue weighted by Gasteiger charge is 2.35. The lowest BCUT2D eigenvalue weighted by Gasteiger charge is -2.10. The maximum atomic E-state index is 12.6. The number of hydrogen-bond acceptors (Lipinski definition) is 2. The van der Waals surface area contributed by atoms with Crippen molar-refractivity contribution in [2.75, 3.05) is 0 Å². The first-order valence-electron chi connectivity index (χ1n) is 4.91. The summed E-state index contributed by atoms with van der Waals surface area (Å²) in [6.45, 7) is 0. The molecular weight excluding hydrogens is 249 g/mol.